The van der Waals surface area contributed by atoms with Crippen LogP contribution in [0.3, 0.4) is 0 Å². The lowest BCUT2D eigenvalue weighted by molar-refractivity contribution is -0.112. The van der Waals surface area contributed by atoms with Gasteiger partial charge in [-0.3, -0.25) is 4.79 Å². The molecular weight excluding hydrogens is 379 g/mol. The van der Waals surface area contributed by atoms with E-state index in [4.69, 9.17) is 0 Å². The number of amides is 1. The highest BCUT2D eigenvalue weighted by atomic mass is 32.2. The molecule has 0 saturated carbocycles. The minimum atomic E-state index is -0.523. The van der Waals surface area contributed by atoms with E-state index in [1.54, 1.807) is 17.8 Å². The van der Waals surface area contributed by atoms with E-state index < -0.39 is 5.91 Å². The first kappa shape index (κ1) is 18.9. The number of hydrogen-bond acceptors (Lipinski definition) is 4. The number of carbonyl (C=O) groups excluding carboxylic acids is 1. The predicted octanol–water partition coefficient (Wildman–Crippen LogP) is 5.89. The molecule has 1 amide bonds. The Kier molecular flexibility index (Phi) is 6.07. The number of anilines is 1. The van der Waals surface area contributed by atoms with Gasteiger partial charge in [-0.1, -0.05) is 29.5 Å². The summed E-state index contributed by atoms with van der Waals surface area (Å²) >= 11 is 3.14. The second-order valence-corrected chi connectivity index (χ2v) is 8.19. The second-order valence-electron chi connectivity index (χ2n) is 5.70. The first-order valence-corrected chi connectivity index (χ1v) is 9.70. The minimum absolute atomic E-state index is 0.00643. The Morgan fingerprint density at radius 1 is 1.11 bits per heavy atom. The smallest absolute Gasteiger partial charge is 0.266 e. The SMILES string of the molecule is Cc1ccc(Sc2ccc(/C=C(\C#N)C(=O)Nc3ccc(F)cc3)s2)cc1. The number of nitrogens with one attached hydrogen (secondary N) is 1. The van der Waals surface area contributed by atoms with Crippen molar-refractivity contribution in [1.29, 1.82) is 5.26 Å². The predicted molar refractivity (Wildman–Crippen MR) is 108 cm³/mol. The first-order chi connectivity index (χ1) is 13.0. The van der Waals surface area contributed by atoms with E-state index in [2.05, 4.69) is 29.6 Å². The van der Waals surface area contributed by atoms with Gasteiger partial charge in [-0.15, -0.1) is 11.3 Å². The van der Waals surface area contributed by atoms with Crippen molar-refractivity contribution in [2.24, 2.45) is 0 Å². The number of nitriles is 1. The Balaban J connectivity index is 1.71. The zero-order valence-electron chi connectivity index (χ0n) is 14.4. The zero-order valence-corrected chi connectivity index (χ0v) is 16.0. The summed E-state index contributed by atoms with van der Waals surface area (Å²) in [6, 6.07) is 19.4. The van der Waals surface area contributed by atoms with Crippen molar-refractivity contribution in [3.8, 4) is 6.07 Å². The third-order valence-corrected chi connectivity index (χ3v) is 5.77. The van der Waals surface area contributed by atoms with Gasteiger partial charge in [0.25, 0.3) is 5.91 Å². The van der Waals surface area contributed by atoms with Crippen molar-refractivity contribution in [3.63, 3.8) is 0 Å². The number of carbonyl (C=O) groups is 1. The van der Waals surface area contributed by atoms with Crippen LogP contribution in [0, 0.1) is 24.1 Å². The molecule has 0 spiro atoms. The summed E-state index contributed by atoms with van der Waals surface area (Å²) in [5, 5.41) is 11.9. The van der Waals surface area contributed by atoms with Crippen molar-refractivity contribution in [2.45, 2.75) is 16.0 Å². The molecule has 0 saturated heterocycles. The Hall–Kier alpha value is -2.88. The number of halogens is 1. The van der Waals surface area contributed by atoms with Crippen molar-refractivity contribution in [2.75, 3.05) is 5.32 Å². The summed E-state index contributed by atoms with van der Waals surface area (Å²) in [5.41, 5.74) is 1.64. The summed E-state index contributed by atoms with van der Waals surface area (Å²) in [4.78, 5) is 14.2. The van der Waals surface area contributed by atoms with E-state index in [0.717, 1.165) is 14.0 Å². The molecule has 0 aliphatic carbocycles. The highest BCUT2D eigenvalue weighted by Crippen LogP contribution is 2.34. The fourth-order valence-electron chi connectivity index (χ4n) is 2.21. The van der Waals surface area contributed by atoms with Crippen LogP contribution < -0.4 is 5.32 Å². The fraction of sp³-hybridized carbons (Fsp3) is 0.0476. The van der Waals surface area contributed by atoms with Crippen molar-refractivity contribution < 1.29 is 9.18 Å². The molecule has 1 heterocycles. The van der Waals surface area contributed by atoms with Gasteiger partial charge < -0.3 is 5.32 Å². The molecule has 1 N–H and O–H groups in total. The van der Waals surface area contributed by atoms with Gasteiger partial charge in [-0.05, 0) is 61.5 Å². The molecule has 1 aromatic heterocycles. The van der Waals surface area contributed by atoms with Crippen LogP contribution in [-0.2, 0) is 4.79 Å². The summed E-state index contributed by atoms with van der Waals surface area (Å²) in [6.45, 7) is 2.04. The molecule has 0 aliphatic rings. The Morgan fingerprint density at radius 2 is 1.81 bits per heavy atom. The Bertz CT molecular complexity index is 1020. The fourth-order valence-corrected chi connectivity index (χ4v) is 4.28. The summed E-state index contributed by atoms with van der Waals surface area (Å²) in [6.07, 6.45) is 1.56. The van der Waals surface area contributed by atoms with Gasteiger partial charge in [0.1, 0.15) is 17.5 Å². The van der Waals surface area contributed by atoms with Crippen LogP contribution in [0.5, 0.6) is 0 Å². The molecule has 6 heteroatoms. The standard InChI is InChI=1S/C21H15FN2OS2/c1-14-2-8-18(9-3-14)26-20-11-10-19(27-20)12-15(13-23)21(25)24-17-6-4-16(22)5-7-17/h2-12H,1H3,(H,24,25)/b15-12+. The van der Waals surface area contributed by atoms with E-state index in [0.29, 0.717) is 5.69 Å². The number of thiophene rings is 1. The average molecular weight is 394 g/mol. The maximum Gasteiger partial charge on any atom is 0.266 e. The number of nitrogens with zero attached hydrogens (tertiary/aromatic N) is 1. The van der Waals surface area contributed by atoms with Crippen LogP contribution in [-0.4, -0.2) is 5.91 Å². The molecule has 0 aliphatic heterocycles. The van der Waals surface area contributed by atoms with Crippen molar-refractivity contribution in [1.82, 2.24) is 0 Å². The summed E-state index contributed by atoms with van der Waals surface area (Å²) in [5.74, 6) is -0.911. The van der Waals surface area contributed by atoms with Crippen molar-refractivity contribution >= 4 is 40.8 Å². The van der Waals surface area contributed by atoms with Crippen LogP contribution in [0.2, 0.25) is 0 Å². The quantitative estimate of drug-likeness (QED) is 0.433. The first-order valence-electron chi connectivity index (χ1n) is 8.06. The number of rotatable bonds is 5. The molecule has 0 atom stereocenters. The second kappa shape index (κ2) is 8.67. The third-order valence-electron chi connectivity index (χ3n) is 3.60. The van der Waals surface area contributed by atoms with Crippen LogP contribution in [0.4, 0.5) is 10.1 Å². The molecule has 134 valence electrons. The van der Waals surface area contributed by atoms with Gasteiger partial charge in [0.2, 0.25) is 0 Å². The number of benzene rings is 2. The minimum Gasteiger partial charge on any atom is -0.321 e. The highest BCUT2D eigenvalue weighted by Gasteiger charge is 2.11. The van der Waals surface area contributed by atoms with Gasteiger partial charge >= 0.3 is 0 Å². The van der Waals surface area contributed by atoms with E-state index in [1.165, 1.54) is 41.2 Å². The third kappa shape index (κ3) is 5.30. The van der Waals surface area contributed by atoms with E-state index in [1.807, 2.05) is 25.1 Å². The summed E-state index contributed by atoms with van der Waals surface area (Å²) in [7, 11) is 0. The van der Waals surface area contributed by atoms with E-state index in [-0.39, 0.29) is 11.4 Å². The maximum atomic E-state index is 12.9. The normalized spacial score (nSPS) is 11.1. The molecule has 0 unspecified atom stereocenters. The average Bonchev–Trinajstić information content (AvgIpc) is 3.10. The van der Waals surface area contributed by atoms with Crippen molar-refractivity contribution in [3.05, 3.63) is 82.5 Å². The van der Waals surface area contributed by atoms with Crippen LogP contribution in [0.15, 0.2) is 75.3 Å². The summed E-state index contributed by atoms with van der Waals surface area (Å²) < 4.78 is 14.0. The van der Waals surface area contributed by atoms with Gasteiger partial charge in [-0.25, -0.2) is 4.39 Å². The van der Waals surface area contributed by atoms with Crippen LogP contribution >= 0.6 is 23.1 Å². The van der Waals surface area contributed by atoms with Gasteiger partial charge in [0, 0.05) is 15.5 Å². The Morgan fingerprint density at radius 3 is 2.48 bits per heavy atom. The van der Waals surface area contributed by atoms with Crippen LogP contribution in [0.25, 0.3) is 6.08 Å². The van der Waals surface area contributed by atoms with E-state index in [9.17, 15) is 14.4 Å². The molecule has 3 aromatic rings. The topological polar surface area (TPSA) is 52.9 Å². The largest absolute Gasteiger partial charge is 0.321 e. The molecule has 3 nitrogen and oxygen atoms in total. The molecule has 3 rings (SSSR count). The molecule has 27 heavy (non-hydrogen) atoms. The molecular formula is C21H15FN2OS2. The molecule has 0 radical (unpaired) electrons. The van der Waals surface area contributed by atoms with E-state index >= 15 is 0 Å². The van der Waals surface area contributed by atoms with Gasteiger partial charge in [0.05, 0.1) is 4.21 Å². The lowest BCUT2D eigenvalue weighted by atomic mass is 10.2. The van der Waals surface area contributed by atoms with Crippen LogP contribution in [0.1, 0.15) is 10.4 Å². The lowest BCUT2D eigenvalue weighted by Crippen LogP contribution is -2.13. The molecule has 0 fully saturated rings. The lowest BCUT2D eigenvalue weighted by Gasteiger charge is -2.03. The Labute approximate surface area is 165 Å². The maximum absolute atomic E-state index is 12.9. The molecule has 0 bridgehead atoms. The highest BCUT2D eigenvalue weighted by molar-refractivity contribution is 8.01. The monoisotopic (exact) mass is 394 g/mol. The molecule has 2 aromatic carbocycles. The zero-order chi connectivity index (χ0) is 19.2. The van der Waals surface area contributed by atoms with Gasteiger partial charge in [0.15, 0.2) is 0 Å². The number of aryl methyl sites for hydroxylation is 1. The van der Waals surface area contributed by atoms with Gasteiger partial charge in [-0.2, -0.15) is 5.26 Å². The number of hydrogen-bond donors (Lipinski definition) is 1.